The molecule has 2 heteroatoms. The van der Waals surface area contributed by atoms with Gasteiger partial charge in [0.05, 0.1) is 0 Å². The van der Waals surface area contributed by atoms with Crippen molar-refractivity contribution in [3.05, 3.63) is 36.1 Å². The molecule has 0 fully saturated rings. The van der Waals surface area contributed by atoms with Crippen LogP contribution >= 0.6 is 0 Å². The molecular formula is C10H14N2. The van der Waals surface area contributed by atoms with E-state index in [0.29, 0.717) is 18.7 Å². The first-order valence-electron chi connectivity index (χ1n) is 3.67. The van der Waals surface area contributed by atoms with Crippen molar-refractivity contribution in [3.63, 3.8) is 0 Å². The van der Waals surface area contributed by atoms with Crippen molar-refractivity contribution in [2.75, 3.05) is 6.54 Å². The molecule has 0 unspecified atom stereocenters. The number of terminal acetylenes is 1. The maximum absolute atomic E-state index is 5.65. The smallest absolute Gasteiger partial charge is 0.0356 e. The van der Waals surface area contributed by atoms with Crippen LogP contribution in [0.1, 0.15) is 6.42 Å². The van der Waals surface area contributed by atoms with Crippen LogP contribution in [0.4, 0.5) is 0 Å². The number of hydrogen-bond donors (Lipinski definition) is 2. The summed E-state index contributed by atoms with van der Waals surface area (Å²) in [4.78, 5) is 0. The van der Waals surface area contributed by atoms with E-state index >= 15 is 0 Å². The number of hydrogen-bond acceptors (Lipinski definition) is 2. The van der Waals surface area contributed by atoms with Gasteiger partial charge in [0, 0.05) is 18.7 Å². The summed E-state index contributed by atoms with van der Waals surface area (Å²) in [7, 11) is 0. The minimum absolute atomic E-state index is 0.399. The Hall–Kier alpha value is -1.46. The van der Waals surface area contributed by atoms with Crippen molar-refractivity contribution in [1.29, 1.82) is 0 Å². The quantitative estimate of drug-likeness (QED) is 0.477. The Morgan fingerprint density at radius 1 is 1.58 bits per heavy atom. The highest BCUT2D eigenvalue weighted by molar-refractivity contribution is 5.31. The molecule has 4 N–H and O–H groups in total. The second kappa shape index (κ2) is 6.26. The fraction of sp³-hybridized carbons (Fsp3) is 0.200. The highest BCUT2D eigenvalue weighted by Crippen LogP contribution is 1.99. The molecule has 0 spiro atoms. The molecule has 0 saturated carbocycles. The lowest BCUT2D eigenvalue weighted by molar-refractivity contribution is 1.14. The minimum Gasteiger partial charge on any atom is -0.398 e. The van der Waals surface area contributed by atoms with E-state index in [0.717, 1.165) is 5.57 Å². The Labute approximate surface area is 73.6 Å². The van der Waals surface area contributed by atoms with Gasteiger partial charge in [0.2, 0.25) is 0 Å². The average molecular weight is 162 g/mol. The second-order valence-electron chi connectivity index (χ2n) is 2.20. The van der Waals surface area contributed by atoms with Gasteiger partial charge in [-0.3, -0.25) is 0 Å². The van der Waals surface area contributed by atoms with Crippen molar-refractivity contribution in [1.82, 2.24) is 0 Å². The van der Waals surface area contributed by atoms with Crippen molar-refractivity contribution in [2.45, 2.75) is 6.42 Å². The standard InChI is InChI=1S/C10H14N2/c1-3-5-6-7-10(12)9(4-2)8-11/h1,4,6-7H,2,5,8,11-12H2/b7-6-,10-9-. The van der Waals surface area contributed by atoms with Crippen LogP contribution in [0.5, 0.6) is 0 Å². The molecule has 0 aliphatic carbocycles. The van der Waals surface area contributed by atoms with E-state index in [2.05, 4.69) is 12.5 Å². The third-order valence-electron chi connectivity index (χ3n) is 1.37. The highest BCUT2D eigenvalue weighted by Gasteiger charge is 1.91. The van der Waals surface area contributed by atoms with Gasteiger partial charge < -0.3 is 11.5 Å². The molecule has 0 saturated heterocycles. The van der Waals surface area contributed by atoms with E-state index in [1.807, 2.05) is 6.08 Å². The largest absolute Gasteiger partial charge is 0.398 e. The molecule has 0 amide bonds. The zero-order valence-corrected chi connectivity index (χ0v) is 7.09. The molecule has 0 radical (unpaired) electrons. The lowest BCUT2D eigenvalue weighted by atomic mass is 10.2. The van der Waals surface area contributed by atoms with E-state index in [1.165, 1.54) is 0 Å². The van der Waals surface area contributed by atoms with E-state index in [4.69, 9.17) is 17.9 Å². The summed E-state index contributed by atoms with van der Waals surface area (Å²) in [6.45, 7) is 3.99. The van der Waals surface area contributed by atoms with Crippen molar-refractivity contribution in [3.8, 4) is 12.3 Å². The highest BCUT2D eigenvalue weighted by atomic mass is 14.6. The molecular weight excluding hydrogens is 148 g/mol. The molecule has 0 heterocycles. The molecule has 0 atom stereocenters. The van der Waals surface area contributed by atoms with Gasteiger partial charge in [-0.2, -0.15) is 0 Å². The van der Waals surface area contributed by atoms with Crippen LogP contribution in [0.3, 0.4) is 0 Å². The maximum atomic E-state index is 5.65. The van der Waals surface area contributed by atoms with Crippen LogP contribution in [0, 0.1) is 12.3 Å². The molecule has 0 aromatic rings. The maximum Gasteiger partial charge on any atom is 0.0356 e. The van der Waals surface area contributed by atoms with Crippen LogP contribution in [-0.2, 0) is 0 Å². The van der Waals surface area contributed by atoms with Gasteiger partial charge in [0.25, 0.3) is 0 Å². The molecule has 0 bridgehead atoms. The summed E-state index contributed by atoms with van der Waals surface area (Å²) >= 11 is 0. The molecule has 0 aromatic heterocycles. The summed E-state index contributed by atoms with van der Waals surface area (Å²) in [5.41, 5.74) is 12.5. The van der Waals surface area contributed by atoms with Crippen LogP contribution in [0.2, 0.25) is 0 Å². The molecule has 12 heavy (non-hydrogen) atoms. The minimum atomic E-state index is 0.399. The van der Waals surface area contributed by atoms with E-state index in [-0.39, 0.29) is 0 Å². The lowest BCUT2D eigenvalue weighted by Crippen LogP contribution is -2.07. The van der Waals surface area contributed by atoms with Gasteiger partial charge in [-0.15, -0.1) is 12.3 Å². The van der Waals surface area contributed by atoms with E-state index in [9.17, 15) is 0 Å². The fourth-order valence-corrected chi connectivity index (χ4v) is 0.680. The normalized spacial score (nSPS) is 12.3. The summed E-state index contributed by atoms with van der Waals surface area (Å²) in [6.07, 6.45) is 10.8. The van der Waals surface area contributed by atoms with Gasteiger partial charge in [-0.25, -0.2) is 0 Å². The third kappa shape index (κ3) is 3.65. The van der Waals surface area contributed by atoms with E-state index < -0.39 is 0 Å². The van der Waals surface area contributed by atoms with Crippen molar-refractivity contribution in [2.24, 2.45) is 11.5 Å². The first-order chi connectivity index (χ1) is 5.76. The van der Waals surface area contributed by atoms with Crippen LogP contribution in [-0.4, -0.2) is 6.54 Å². The van der Waals surface area contributed by atoms with Gasteiger partial charge in [-0.1, -0.05) is 18.7 Å². The van der Waals surface area contributed by atoms with Crippen LogP contribution < -0.4 is 11.5 Å². The fourth-order valence-electron chi connectivity index (χ4n) is 0.680. The SMILES string of the molecule is C#CC/C=C\C(N)=C(/C=C)CN. The second-order valence-corrected chi connectivity index (χ2v) is 2.20. The van der Waals surface area contributed by atoms with Gasteiger partial charge in [0.1, 0.15) is 0 Å². The number of allylic oxidation sites excluding steroid dienone is 2. The summed E-state index contributed by atoms with van der Waals surface area (Å²) in [6, 6.07) is 0. The molecule has 0 rings (SSSR count). The molecule has 0 aliphatic heterocycles. The Morgan fingerprint density at radius 2 is 2.25 bits per heavy atom. The summed E-state index contributed by atoms with van der Waals surface area (Å²) in [5.74, 6) is 2.48. The Balaban J connectivity index is 4.34. The van der Waals surface area contributed by atoms with Gasteiger partial charge in [0.15, 0.2) is 0 Å². The summed E-state index contributed by atoms with van der Waals surface area (Å²) in [5, 5.41) is 0. The number of rotatable bonds is 4. The number of nitrogens with two attached hydrogens (primary N) is 2. The Kier molecular flexibility index (Phi) is 5.50. The molecule has 2 nitrogen and oxygen atoms in total. The zero-order valence-electron chi connectivity index (χ0n) is 7.09. The Bertz CT molecular complexity index is 241. The topological polar surface area (TPSA) is 52.0 Å². The predicted molar refractivity (Wildman–Crippen MR) is 53.1 cm³/mol. The first-order valence-corrected chi connectivity index (χ1v) is 3.67. The Morgan fingerprint density at radius 3 is 2.67 bits per heavy atom. The molecule has 0 aromatic carbocycles. The predicted octanol–water partition coefficient (Wildman–Crippen LogP) is 0.923. The first kappa shape index (κ1) is 10.5. The van der Waals surface area contributed by atoms with Crippen LogP contribution in [0.15, 0.2) is 36.1 Å². The summed E-state index contributed by atoms with van der Waals surface area (Å²) < 4.78 is 0. The molecule has 64 valence electrons. The third-order valence-corrected chi connectivity index (χ3v) is 1.37. The zero-order chi connectivity index (χ0) is 9.40. The van der Waals surface area contributed by atoms with Crippen LogP contribution in [0.25, 0.3) is 0 Å². The van der Waals surface area contributed by atoms with Crippen molar-refractivity contribution < 1.29 is 0 Å². The lowest BCUT2D eigenvalue weighted by Gasteiger charge is -1.99. The van der Waals surface area contributed by atoms with Crippen molar-refractivity contribution >= 4 is 0 Å². The molecule has 0 aliphatic rings. The van der Waals surface area contributed by atoms with Gasteiger partial charge in [-0.05, 0) is 11.6 Å². The van der Waals surface area contributed by atoms with Gasteiger partial charge >= 0.3 is 0 Å². The average Bonchev–Trinajstić information content (AvgIpc) is 2.07. The van der Waals surface area contributed by atoms with E-state index in [1.54, 1.807) is 12.2 Å². The monoisotopic (exact) mass is 162 g/mol.